The molecule has 0 aromatic carbocycles. The van der Waals surface area contributed by atoms with Gasteiger partial charge in [0.1, 0.15) is 0 Å². The van der Waals surface area contributed by atoms with Crippen molar-refractivity contribution in [2.75, 3.05) is 20.6 Å². The van der Waals surface area contributed by atoms with Crippen molar-refractivity contribution in [3.63, 3.8) is 0 Å². The van der Waals surface area contributed by atoms with Crippen LogP contribution >= 0.6 is 0 Å². The highest BCUT2D eigenvalue weighted by Gasteiger charge is 2.32. The quantitative estimate of drug-likeness (QED) is 0.239. The summed E-state index contributed by atoms with van der Waals surface area (Å²) in [6.45, 7) is 3.74. The van der Waals surface area contributed by atoms with Crippen molar-refractivity contribution in [2.45, 2.75) is 58.4 Å². The minimum atomic E-state index is -0.571. The van der Waals surface area contributed by atoms with E-state index in [0.29, 0.717) is 11.6 Å². The van der Waals surface area contributed by atoms with Crippen LogP contribution in [0.4, 0.5) is 0 Å². The van der Waals surface area contributed by atoms with Crippen LogP contribution in [0.1, 0.15) is 52.4 Å². The SMILES string of the molecule is CN([13CH3])C(CCCCNC([13CH3])=O)C([15NH2])=O.[13CH3]CC(=O)ON1C(=O)CCC1=O. The van der Waals surface area contributed by atoms with Gasteiger partial charge in [0.15, 0.2) is 0 Å². The first-order valence-electron chi connectivity index (χ1n) is 8.86. The summed E-state index contributed by atoms with van der Waals surface area (Å²) < 4.78 is 0. The minimum Gasteiger partial charge on any atom is -0.368 e. The van der Waals surface area contributed by atoms with Crippen LogP contribution < -0.4 is 11.1 Å². The van der Waals surface area contributed by atoms with E-state index in [0.717, 1.165) is 19.3 Å². The molecule has 1 rings (SSSR count). The van der Waals surface area contributed by atoms with Gasteiger partial charge in [-0.1, -0.05) is 6.92 Å². The molecule has 0 aliphatic carbocycles. The van der Waals surface area contributed by atoms with Gasteiger partial charge in [0, 0.05) is 32.7 Å². The molecule has 1 atom stereocenters. The van der Waals surface area contributed by atoms with Crippen molar-refractivity contribution in [1.82, 2.24) is 15.3 Å². The number of likely N-dealkylation sites (N-methyl/N-ethyl adjacent to an activating group) is 1. The minimum absolute atomic E-state index is 0.0194. The van der Waals surface area contributed by atoms with Crippen molar-refractivity contribution in [3.8, 4) is 0 Å². The van der Waals surface area contributed by atoms with E-state index in [1.807, 2.05) is 19.0 Å². The summed E-state index contributed by atoms with van der Waals surface area (Å²) in [4.78, 5) is 60.3. The fraction of sp³-hybridized carbons (Fsp3) is 0.706. The van der Waals surface area contributed by atoms with E-state index in [2.05, 4.69) is 10.2 Å². The van der Waals surface area contributed by atoms with Crippen molar-refractivity contribution in [2.24, 2.45) is 5.73 Å². The van der Waals surface area contributed by atoms with Gasteiger partial charge in [-0.15, -0.1) is 5.06 Å². The average Bonchev–Trinajstić information content (AvgIpc) is 2.89. The van der Waals surface area contributed by atoms with Crippen LogP contribution in [0.5, 0.6) is 0 Å². The van der Waals surface area contributed by atoms with Gasteiger partial charge in [-0.3, -0.25) is 24.1 Å². The van der Waals surface area contributed by atoms with E-state index in [4.69, 9.17) is 5.73 Å². The normalized spacial score (nSPS) is 14.5. The van der Waals surface area contributed by atoms with Gasteiger partial charge < -0.3 is 15.9 Å². The highest BCUT2D eigenvalue weighted by Crippen LogP contribution is 2.12. The standard InChI is InChI=1S/C10H21N3O2.C7H9NO4/c1-8(14)12-7-5-4-6-9(10(11)15)13(2)3;1-2-7(11)12-8-5(9)3-4-6(8)10/h9H,4-7H2,1-3H3,(H2,11,15)(H,12,14);2-4H2,1H3/i1+1,2+1,11+1;1+1. The summed E-state index contributed by atoms with van der Waals surface area (Å²) in [6.07, 6.45) is 2.91. The molecule has 0 bridgehead atoms. The number of primary amides is 1. The molecule has 1 heterocycles. The van der Waals surface area contributed by atoms with Gasteiger partial charge in [-0.25, -0.2) is 4.79 Å². The van der Waals surface area contributed by atoms with E-state index in [1.54, 1.807) is 6.92 Å². The van der Waals surface area contributed by atoms with E-state index in [1.165, 1.54) is 6.92 Å². The predicted molar refractivity (Wildman–Crippen MR) is 96.7 cm³/mol. The average molecular weight is 390 g/mol. The molecule has 27 heavy (non-hydrogen) atoms. The predicted octanol–water partition coefficient (Wildman–Crippen LogP) is -0.288. The fourth-order valence-electron chi connectivity index (χ4n) is 2.21. The maximum absolute atomic E-state index is 11.0. The Morgan fingerprint density at radius 2 is 1.74 bits per heavy atom. The molecular formula is C17H30N4O6. The summed E-state index contributed by atoms with van der Waals surface area (Å²) in [7, 11) is 3.67. The van der Waals surface area contributed by atoms with Crippen LogP contribution in [0.25, 0.3) is 0 Å². The lowest BCUT2D eigenvalue weighted by Crippen LogP contribution is -2.40. The number of nitrogens with two attached hydrogens (primary N) is 1. The molecule has 1 aliphatic rings. The third-order valence-corrected chi connectivity index (χ3v) is 3.72. The Morgan fingerprint density at radius 3 is 2.15 bits per heavy atom. The lowest BCUT2D eigenvalue weighted by Gasteiger charge is -2.20. The second-order valence-corrected chi connectivity index (χ2v) is 6.26. The number of amides is 4. The number of hydrogen-bond donors (Lipinski definition) is 2. The summed E-state index contributed by atoms with van der Waals surface area (Å²) >= 11 is 0. The zero-order chi connectivity index (χ0) is 21.0. The first-order chi connectivity index (χ1) is 12.6. The number of imide groups is 1. The molecule has 0 radical (unpaired) electrons. The summed E-state index contributed by atoms with van der Waals surface area (Å²) in [5.41, 5.74) is 5.25. The van der Waals surface area contributed by atoms with Crippen LogP contribution in [0.3, 0.4) is 0 Å². The smallest absolute Gasteiger partial charge is 0.332 e. The van der Waals surface area contributed by atoms with Gasteiger partial charge in [-0.2, -0.15) is 0 Å². The molecular weight excluding hydrogens is 360 g/mol. The second-order valence-electron chi connectivity index (χ2n) is 6.26. The number of carbonyl (C=O) groups is 5. The number of hydrogen-bond acceptors (Lipinski definition) is 7. The molecule has 10 heteroatoms. The highest BCUT2D eigenvalue weighted by molar-refractivity contribution is 6.01. The van der Waals surface area contributed by atoms with Crippen molar-refractivity contribution in [3.05, 3.63) is 0 Å². The second kappa shape index (κ2) is 12.8. The first kappa shape index (κ1) is 24.5. The maximum Gasteiger partial charge on any atom is 0.332 e. The van der Waals surface area contributed by atoms with Crippen LogP contribution in [0.2, 0.25) is 0 Å². The Hall–Kier alpha value is -2.49. The van der Waals surface area contributed by atoms with E-state index in [-0.39, 0.29) is 37.1 Å². The van der Waals surface area contributed by atoms with Crippen molar-refractivity contribution >= 4 is 29.6 Å². The Labute approximate surface area is 159 Å². The Bertz CT molecular complexity index is 534. The maximum atomic E-state index is 11.0. The molecule has 0 aromatic rings. The van der Waals surface area contributed by atoms with Crippen LogP contribution in [-0.4, -0.2) is 66.2 Å². The van der Waals surface area contributed by atoms with Crippen LogP contribution in [0, 0.1) is 0 Å². The van der Waals surface area contributed by atoms with Crippen molar-refractivity contribution in [1.29, 1.82) is 0 Å². The number of unbranched alkanes of at least 4 members (excludes halogenated alkanes) is 1. The lowest BCUT2D eigenvalue weighted by molar-refractivity contribution is -0.197. The Morgan fingerprint density at radius 1 is 1.19 bits per heavy atom. The zero-order valence-electron chi connectivity index (χ0n) is 16.4. The summed E-state index contributed by atoms with van der Waals surface area (Å²) in [5, 5.41) is 3.26. The summed E-state index contributed by atoms with van der Waals surface area (Å²) in [5.74, 6) is -1.77. The molecule has 3 N–H and O–H groups in total. The molecule has 1 unspecified atom stereocenters. The first-order valence-corrected chi connectivity index (χ1v) is 8.86. The molecule has 0 saturated carbocycles. The fourth-order valence-corrected chi connectivity index (χ4v) is 2.21. The molecule has 1 aliphatic heterocycles. The molecule has 1 saturated heterocycles. The van der Waals surface area contributed by atoms with E-state index >= 15 is 0 Å². The van der Waals surface area contributed by atoms with Gasteiger partial charge in [0.2, 0.25) is 11.8 Å². The number of hydroxylamine groups is 2. The van der Waals surface area contributed by atoms with E-state index < -0.39 is 17.8 Å². The van der Waals surface area contributed by atoms with Gasteiger partial charge in [0.05, 0.1) is 6.04 Å². The highest BCUT2D eigenvalue weighted by atomic mass is 16.7. The number of rotatable bonds is 9. The lowest BCUT2D eigenvalue weighted by atomic mass is 10.1. The topological polar surface area (TPSA) is 139 Å². The number of nitrogens with zero attached hydrogens (tertiary/aromatic N) is 2. The van der Waals surface area contributed by atoms with Crippen LogP contribution in [0.15, 0.2) is 0 Å². The monoisotopic (exact) mass is 390 g/mol. The molecule has 4 amide bonds. The zero-order valence-corrected chi connectivity index (χ0v) is 16.4. The molecule has 10 nitrogen and oxygen atoms in total. The third-order valence-electron chi connectivity index (χ3n) is 3.72. The van der Waals surface area contributed by atoms with Gasteiger partial charge in [-0.05, 0) is 33.4 Å². The van der Waals surface area contributed by atoms with Gasteiger partial charge in [0.25, 0.3) is 11.8 Å². The van der Waals surface area contributed by atoms with Crippen molar-refractivity contribution < 1.29 is 28.8 Å². The summed E-state index contributed by atoms with van der Waals surface area (Å²) in [6, 6.07) is -0.206. The number of nitrogens with one attached hydrogen (secondary N) is 1. The molecule has 0 spiro atoms. The third kappa shape index (κ3) is 10.3. The molecule has 1 fully saturated rings. The largest absolute Gasteiger partial charge is 0.368 e. The van der Waals surface area contributed by atoms with Crippen LogP contribution in [-0.2, 0) is 28.8 Å². The Balaban J connectivity index is 0.000000511. The molecule has 154 valence electrons. The molecule has 0 aromatic heterocycles. The Kier molecular flexibility index (Phi) is 11.6. The number of carbonyl (C=O) groups excluding carboxylic acids is 5. The van der Waals surface area contributed by atoms with Gasteiger partial charge >= 0.3 is 5.97 Å². The van der Waals surface area contributed by atoms with E-state index in [9.17, 15) is 24.0 Å².